The smallest absolute Gasteiger partial charge is 0.253 e. The van der Waals surface area contributed by atoms with E-state index in [1.807, 2.05) is 0 Å². The predicted octanol–water partition coefficient (Wildman–Crippen LogP) is 1.33. The monoisotopic (exact) mass is 266 g/mol. The van der Waals surface area contributed by atoms with Gasteiger partial charge in [0.1, 0.15) is 0 Å². The number of imide groups is 1. The molecule has 3 aliphatic rings. The Kier molecular flexibility index (Phi) is 3.84. The summed E-state index contributed by atoms with van der Waals surface area (Å²) >= 11 is 0. The van der Waals surface area contributed by atoms with E-state index < -0.39 is 0 Å². The minimum atomic E-state index is -0.179. The van der Waals surface area contributed by atoms with Crippen molar-refractivity contribution >= 4 is 11.8 Å². The summed E-state index contributed by atoms with van der Waals surface area (Å²) in [6.45, 7) is 2.91. The standard InChI is InChI=1S/C14H22N2O3/c17-13-6-7-14(18)16(13)19-10-11-4-3-9-15-8-2-1-5-12(11)15/h11-12H,1-10H2/t11-,12-/m0/s1. The molecule has 3 saturated heterocycles. The molecule has 19 heavy (non-hydrogen) atoms. The number of hydrogen-bond acceptors (Lipinski definition) is 4. The highest BCUT2D eigenvalue weighted by atomic mass is 16.7. The van der Waals surface area contributed by atoms with Crippen molar-refractivity contribution in [2.24, 2.45) is 5.92 Å². The molecule has 0 aliphatic carbocycles. The summed E-state index contributed by atoms with van der Waals surface area (Å²) < 4.78 is 0. The molecule has 5 nitrogen and oxygen atoms in total. The fourth-order valence-corrected chi connectivity index (χ4v) is 3.64. The molecule has 2 amide bonds. The van der Waals surface area contributed by atoms with Gasteiger partial charge in [-0.05, 0) is 38.8 Å². The zero-order chi connectivity index (χ0) is 13.2. The van der Waals surface area contributed by atoms with Gasteiger partial charge in [-0.3, -0.25) is 14.4 Å². The maximum atomic E-state index is 11.5. The van der Waals surface area contributed by atoms with Crippen LogP contribution in [0.3, 0.4) is 0 Å². The first-order chi connectivity index (χ1) is 9.25. The maximum absolute atomic E-state index is 11.5. The molecular formula is C14H22N2O3. The molecule has 0 aromatic carbocycles. The largest absolute Gasteiger partial charge is 0.300 e. The lowest BCUT2D eigenvalue weighted by atomic mass is 9.84. The van der Waals surface area contributed by atoms with Gasteiger partial charge in [0.2, 0.25) is 0 Å². The highest BCUT2D eigenvalue weighted by molar-refractivity contribution is 6.00. The van der Waals surface area contributed by atoms with Gasteiger partial charge < -0.3 is 4.90 Å². The molecule has 106 valence electrons. The summed E-state index contributed by atoms with van der Waals surface area (Å²) in [5, 5.41) is 1.00. The van der Waals surface area contributed by atoms with Crippen LogP contribution >= 0.6 is 0 Å². The molecule has 3 rings (SSSR count). The second kappa shape index (κ2) is 5.59. The predicted molar refractivity (Wildman–Crippen MR) is 69.0 cm³/mol. The van der Waals surface area contributed by atoms with Crippen LogP contribution in [0.4, 0.5) is 0 Å². The van der Waals surface area contributed by atoms with Crippen LogP contribution in [0.15, 0.2) is 0 Å². The molecule has 0 aromatic heterocycles. The van der Waals surface area contributed by atoms with Gasteiger partial charge >= 0.3 is 0 Å². The molecular weight excluding hydrogens is 244 g/mol. The summed E-state index contributed by atoms with van der Waals surface area (Å²) in [7, 11) is 0. The minimum Gasteiger partial charge on any atom is -0.300 e. The summed E-state index contributed by atoms with van der Waals surface area (Å²) in [6.07, 6.45) is 6.78. The number of fused-ring (bicyclic) bond motifs is 1. The molecule has 0 bridgehead atoms. The Labute approximate surface area is 113 Å². The molecule has 3 fully saturated rings. The molecule has 0 aromatic rings. The average molecular weight is 266 g/mol. The van der Waals surface area contributed by atoms with Gasteiger partial charge in [-0.2, -0.15) is 5.06 Å². The van der Waals surface area contributed by atoms with Gasteiger partial charge in [0.15, 0.2) is 0 Å². The third kappa shape index (κ3) is 2.67. The van der Waals surface area contributed by atoms with E-state index in [1.165, 1.54) is 38.8 Å². The van der Waals surface area contributed by atoms with Crippen molar-refractivity contribution < 1.29 is 14.4 Å². The number of hydrogen-bond donors (Lipinski definition) is 0. The lowest BCUT2D eigenvalue weighted by molar-refractivity contribution is -0.194. The fourth-order valence-electron chi connectivity index (χ4n) is 3.64. The van der Waals surface area contributed by atoms with E-state index in [0.717, 1.165) is 11.5 Å². The number of carbonyl (C=O) groups excluding carboxylic acids is 2. The SMILES string of the molecule is O=C1CCC(=O)N1OC[C@@H]1CCCN2CCCC[C@@H]12. The second-order valence-electron chi connectivity index (χ2n) is 5.88. The quantitative estimate of drug-likeness (QED) is 0.723. The van der Waals surface area contributed by atoms with Gasteiger partial charge in [0.25, 0.3) is 11.8 Å². The topological polar surface area (TPSA) is 49.9 Å². The summed E-state index contributed by atoms with van der Waals surface area (Å²) in [5.41, 5.74) is 0. The van der Waals surface area contributed by atoms with Crippen molar-refractivity contribution in [1.82, 2.24) is 9.96 Å². The number of rotatable bonds is 3. The number of hydroxylamine groups is 2. The van der Waals surface area contributed by atoms with Crippen LogP contribution < -0.4 is 0 Å². The first kappa shape index (κ1) is 13.1. The van der Waals surface area contributed by atoms with Crippen molar-refractivity contribution in [2.45, 2.75) is 51.0 Å². The second-order valence-corrected chi connectivity index (χ2v) is 5.88. The summed E-state index contributed by atoms with van der Waals surface area (Å²) in [6, 6.07) is 0.593. The van der Waals surface area contributed by atoms with Crippen molar-refractivity contribution in [1.29, 1.82) is 0 Å². The molecule has 0 unspecified atom stereocenters. The Morgan fingerprint density at radius 3 is 2.53 bits per heavy atom. The van der Waals surface area contributed by atoms with Crippen molar-refractivity contribution in [2.75, 3.05) is 19.7 Å². The number of amides is 2. The van der Waals surface area contributed by atoms with Crippen LogP contribution in [0.25, 0.3) is 0 Å². The number of carbonyl (C=O) groups is 2. The molecule has 3 heterocycles. The Bertz CT molecular complexity index is 354. The van der Waals surface area contributed by atoms with E-state index in [-0.39, 0.29) is 11.8 Å². The molecule has 3 aliphatic heterocycles. The van der Waals surface area contributed by atoms with Crippen LogP contribution in [0.1, 0.15) is 44.9 Å². The third-order valence-corrected chi connectivity index (χ3v) is 4.65. The third-order valence-electron chi connectivity index (χ3n) is 4.65. The van der Waals surface area contributed by atoms with E-state index in [4.69, 9.17) is 4.84 Å². The normalized spacial score (nSPS) is 32.7. The van der Waals surface area contributed by atoms with Crippen LogP contribution in [-0.2, 0) is 14.4 Å². The Morgan fingerprint density at radius 2 is 1.74 bits per heavy atom. The first-order valence-corrected chi connectivity index (χ1v) is 7.48. The lowest BCUT2D eigenvalue weighted by Gasteiger charge is -2.44. The zero-order valence-corrected chi connectivity index (χ0v) is 11.3. The van der Waals surface area contributed by atoms with Crippen molar-refractivity contribution in [3.63, 3.8) is 0 Å². The van der Waals surface area contributed by atoms with Crippen LogP contribution in [0.5, 0.6) is 0 Å². The van der Waals surface area contributed by atoms with E-state index >= 15 is 0 Å². The lowest BCUT2D eigenvalue weighted by Crippen LogP contribution is -2.49. The number of nitrogens with zero attached hydrogens (tertiary/aromatic N) is 2. The Balaban J connectivity index is 1.56. The van der Waals surface area contributed by atoms with Crippen LogP contribution in [0, 0.1) is 5.92 Å². The molecule has 2 atom stereocenters. The summed E-state index contributed by atoms with van der Waals surface area (Å²) in [5.74, 6) is 0.109. The van der Waals surface area contributed by atoms with Crippen LogP contribution in [0.2, 0.25) is 0 Å². The van der Waals surface area contributed by atoms with E-state index in [1.54, 1.807) is 0 Å². The highest BCUT2D eigenvalue weighted by Gasteiger charge is 2.36. The van der Waals surface area contributed by atoms with E-state index in [2.05, 4.69) is 4.90 Å². The van der Waals surface area contributed by atoms with Crippen molar-refractivity contribution in [3.8, 4) is 0 Å². The zero-order valence-electron chi connectivity index (χ0n) is 11.3. The molecule has 0 spiro atoms. The number of piperidine rings is 2. The van der Waals surface area contributed by atoms with E-state index in [0.29, 0.717) is 31.4 Å². The van der Waals surface area contributed by atoms with Crippen molar-refractivity contribution in [3.05, 3.63) is 0 Å². The fraction of sp³-hybridized carbons (Fsp3) is 0.857. The highest BCUT2D eigenvalue weighted by Crippen LogP contribution is 2.31. The maximum Gasteiger partial charge on any atom is 0.253 e. The van der Waals surface area contributed by atoms with Gasteiger partial charge in [-0.15, -0.1) is 0 Å². The average Bonchev–Trinajstić information content (AvgIpc) is 2.76. The molecule has 0 N–H and O–H groups in total. The van der Waals surface area contributed by atoms with Gasteiger partial charge in [-0.1, -0.05) is 6.42 Å². The summed E-state index contributed by atoms with van der Waals surface area (Å²) in [4.78, 5) is 31.1. The molecule has 0 saturated carbocycles. The van der Waals surface area contributed by atoms with Crippen LogP contribution in [-0.4, -0.2) is 47.5 Å². The Morgan fingerprint density at radius 1 is 1.00 bits per heavy atom. The molecule has 0 radical (unpaired) electrons. The van der Waals surface area contributed by atoms with E-state index in [9.17, 15) is 9.59 Å². The Hall–Kier alpha value is -0.940. The van der Waals surface area contributed by atoms with Gasteiger partial charge in [-0.25, -0.2) is 0 Å². The minimum absolute atomic E-state index is 0.179. The van der Waals surface area contributed by atoms with Gasteiger partial charge in [0.05, 0.1) is 6.61 Å². The van der Waals surface area contributed by atoms with Gasteiger partial charge in [0, 0.05) is 24.8 Å². The first-order valence-electron chi connectivity index (χ1n) is 7.48. The molecule has 5 heteroatoms.